The van der Waals surface area contributed by atoms with E-state index in [2.05, 4.69) is 31.1 Å². The Morgan fingerprint density at radius 1 is 1.14 bits per heavy atom. The first-order valence-corrected chi connectivity index (χ1v) is 10.9. The van der Waals surface area contributed by atoms with E-state index in [0.29, 0.717) is 11.8 Å². The van der Waals surface area contributed by atoms with E-state index in [9.17, 15) is 10.2 Å². The van der Waals surface area contributed by atoms with Gasteiger partial charge in [-0.2, -0.15) is 0 Å². The van der Waals surface area contributed by atoms with Gasteiger partial charge in [-0.25, -0.2) is 0 Å². The summed E-state index contributed by atoms with van der Waals surface area (Å²) in [5.74, 6) is 1.18. The van der Waals surface area contributed by atoms with Gasteiger partial charge in [-0.1, -0.05) is 60.1 Å². The summed E-state index contributed by atoms with van der Waals surface area (Å²) in [4.78, 5) is 2.25. The van der Waals surface area contributed by atoms with Gasteiger partial charge in [-0.3, -0.25) is 0 Å². The van der Waals surface area contributed by atoms with Crippen LogP contribution in [0.25, 0.3) is 0 Å². The Balaban J connectivity index is 1.50. The smallest absolute Gasteiger partial charge is 0.0971 e. The normalized spacial score (nSPS) is 28.1. The van der Waals surface area contributed by atoms with Crippen LogP contribution >= 0.6 is 0 Å². The largest absolute Gasteiger partial charge is 0.392 e. The van der Waals surface area contributed by atoms with Gasteiger partial charge in [0.05, 0.1) is 12.2 Å². The molecule has 0 unspecified atom stereocenters. The molecule has 1 fully saturated rings. The number of allylic oxidation sites excluding steroid dienone is 2. The Kier molecular flexibility index (Phi) is 7.50. The molecular formula is C25H37NO2. The van der Waals surface area contributed by atoms with Crippen LogP contribution < -0.4 is 0 Å². The van der Waals surface area contributed by atoms with Crippen LogP contribution in [0.3, 0.4) is 0 Å². The second kappa shape index (κ2) is 9.87. The summed E-state index contributed by atoms with van der Waals surface area (Å²) in [7, 11) is 4.27. The molecular weight excluding hydrogens is 346 g/mol. The SMILES string of the molecule is Cc1ccc([C@H](O)C=C[C@@H]2[C@H]3CC(CCCCCN(C)C)=C[C@H]3C[C@H]2O)cc1. The van der Waals surface area contributed by atoms with Crippen LogP contribution in [0.1, 0.15) is 55.8 Å². The number of aliphatic hydroxyl groups is 2. The first kappa shape index (κ1) is 21.3. The summed E-state index contributed by atoms with van der Waals surface area (Å²) in [6.07, 6.45) is 12.5. The van der Waals surface area contributed by atoms with Crippen molar-refractivity contribution in [2.24, 2.45) is 17.8 Å². The van der Waals surface area contributed by atoms with Crippen molar-refractivity contribution in [2.45, 2.75) is 57.7 Å². The minimum Gasteiger partial charge on any atom is -0.392 e. The predicted molar refractivity (Wildman–Crippen MR) is 116 cm³/mol. The Labute approximate surface area is 170 Å². The van der Waals surface area contributed by atoms with Crippen molar-refractivity contribution in [1.82, 2.24) is 4.90 Å². The molecule has 28 heavy (non-hydrogen) atoms. The lowest BCUT2D eigenvalue weighted by Gasteiger charge is -2.19. The monoisotopic (exact) mass is 383 g/mol. The zero-order valence-electron chi connectivity index (χ0n) is 17.7. The van der Waals surface area contributed by atoms with E-state index >= 15 is 0 Å². The lowest BCUT2D eigenvalue weighted by atomic mass is 9.88. The number of aliphatic hydroxyl groups excluding tert-OH is 2. The van der Waals surface area contributed by atoms with Gasteiger partial charge >= 0.3 is 0 Å². The predicted octanol–water partition coefficient (Wildman–Crippen LogP) is 4.65. The quantitative estimate of drug-likeness (QED) is 0.482. The highest BCUT2D eigenvalue weighted by Crippen LogP contribution is 2.48. The maximum atomic E-state index is 10.5. The second-order valence-corrected chi connectivity index (χ2v) is 9.09. The number of nitrogens with zero attached hydrogens (tertiary/aromatic N) is 1. The molecule has 1 saturated carbocycles. The molecule has 2 aliphatic rings. The van der Waals surface area contributed by atoms with Gasteiger partial charge in [0.1, 0.15) is 0 Å². The van der Waals surface area contributed by atoms with Crippen molar-refractivity contribution in [3.05, 3.63) is 59.2 Å². The molecule has 5 atom stereocenters. The molecule has 0 radical (unpaired) electrons. The molecule has 0 bridgehead atoms. The summed E-state index contributed by atoms with van der Waals surface area (Å²) < 4.78 is 0. The number of aryl methyl sites for hydroxylation is 1. The molecule has 0 aromatic heterocycles. The first-order valence-electron chi connectivity index (χ1n) is 10.9. The fourth-order valence-electron chi connectivity index (χ4n) is 4.86. The Morgan fingerprint density at radius 2 is 1.89 bits per heavy atom. The standard InChI is InChI=1S/C25H37NO2/c1-18-8-10-20(11-9-18)24(27)13-12-22-23-16-19(15-21(23)17-25(22)28)7-5-4-6-14-26(2)3/h8-13,15,21-25,27-28H,4-7,14,16-17H2,1-3H3/t21-,22+,23-,24+,25+/m0/s1. The van der Waals surface area contributed by atoms with Crippen LogP contribution in [0, 0.1) is 24.7 Å². The molecule has 0 spiro atoms. The summed E-state index contributed by atoms with van der Waals surface area (Å²) in [6, 6.07) is 8.00. The van der Waals surface area contributed by atoms with Crippen molar-refractivity contribution in [2.75, 3.05) is 20.6 Å². The molecule has 0 amide bonds. The van der Waals surface area contributed by atoms with Crippen molar-refractivity contribution < 1.29 is 10.2 Å². The van der Waals surface area contributed by atoms with Gasteiger partial charge in [0.25, 0.3) is 0 Å². The Morgan fingerprint density at radius 3 is 2.61 bits per heavy atom. The first-order chi connectivity index (χ1) is 13.4. The fraction of sp³-hybridized carbons (Fsp3) is 0.600. The van der Waals surface area contributed by atoms with Gasteiger partial charge in [-0.05, 0) is 77.1 Å². The lowest BCUT2D eigenvalue weighted by Crippen LogP contribution is -2.17. The van der Waals surface area contributed by atoms with E-state index < -0.39 is 6.10 Å². The number of fused-ring (bicyclic) bond motifs is 1. The molecule has 3 nitrogen and oxygen atoms in total. The van der Waals surface area contributed by atoms with Crippen molar-refractivity contribution >= 4 is 0 Å². The molecule has 2 N–H and O–H groups in total. The third-order valence-electron chi connectivity index (χ3n) is 6.49. The lowest BCUT2D eigenvalue weighted by molar-refractivity contribution is 0.140. The molecule has 3 heteroatoms. The molecule has 1 aromatic carbocycles. The molecule has 2 aliphatic carbocycles. The topological polar surface area (TPSA) is 43.7 Å². The van der Waals surface area contributed by atoms with Gasteiger partial charge in [0.15, 0.2) is 0 Å². The zero-order valence-corrected chi connectivity index (χ0v) is 17.7. The highest BCUT2D eigenvalue weighted by Gasteiger charge is 2.43. The molecule has 0 saturated heterocycles. The van der Waals surface area contributed by atoms with E-state index in [0.717, 1.165) is 18.4 Å². The number of hydrogen-bond donors (Lipinski definition) is 2. The third kappa shape index (κ3) is 5.56. The summed E-state index contributed by atoms with van der Waals surface area (Å²) in [5, 5.41) is 21.0. The Hall–Kier alpha value is -1.42. The minimum atomic E-state index is -0.600. The maximum Gasteiger partial charge on any atom is 0.0971 e. The van der Waals surface area contributed by atoms with E-state index in [4.69, 9.17) is 0 Å². The van der Waals surface area contributed by atoms with Crippen molar-refractivity contribution in [1.29, 1.82) is 0 Å². The van der Waals surface area contributed by atoms with Gasteiger partial charge in [-0.15, -0.1) is 0 Å². The van der Waals surface area contributed by atoms with Crippen molar-refractivity contribution in [3.63, 3.8) is 0 Å². The third-order valence-corrected chi connectivity index (χ3v) is 6.49. The van der Waals surface area contributed by atoms with Gasteiger partial charge < -0.3 is 15.1 Å². The average molecular weight is 384 g/mol. The van der Waals surface area contributed by atoms with E-state index in [1.54, 1.807) is 5.57 Å². The van der Waals surface area contributed by atoms with Crippen LogP contribution in [0.5, 0.6) is 0 Å². The highest BCUT2D eigenvalue weighted by atomic mass is 16.3. The van der Waals surface area contributed by atoms with Crippen LogP contribution in [0.15, 0.2) is 48.1 Å². The van der Waals surface area contributed by atoms with Crippen LogP contribution in [-0.4, -0.2) is 41.9 Å². The van der Waals surface area contributed by atoms with E-state index in [-0.39, 0.29) is 12.0 Å². The van der Waals surface area contributed by atoms with E-state index in [1.807, 2.05) is 37.3 Å². The number of unbranched alkanes of at least 4 members (excludes halogenated alkanes) is 2. The summed E-state index contributed by atoms with van der Waals surface area (Å²) in [6.45, 7) is 3.22. The number of hydrogen-bond acceptors (Lipinski definition) is 3. The van der Waals surface area contributed by atoms with Crippen LogP contribution in [0.2, 0.25) is 0 Å². The zero-order chi connectivity index (χ0) is 20.1. The molecule has 0 heterocycles. The van der Waals surface area contributed by atoms with Crippen molar-refractivity contribution in [3.8, 4) is 0 Å². The van der Waals surface area contributed by atoms with Crippen LogP contribution in [0.4, 0.5) is 0 Å². The molecule has 1 aromatic rings. The summed E-state index contributed by atoms with van der Waals surface area (Å²) in [5.41, 5.74) is 3.69. The average Bonchev–Trinajstić information content (AvgIpc) is 3.16. The summed E-state index contributed by atoms with van der Waals surface area (Å²) >= 11 is 0. The molecule has 3 rings (SSSR count). The molecule has 154 valence electrons. The number of rotatable bonds is 9. The fourth-order valence-corrected chi connectivity index (χ4v) is 4.86. The van der Waals surface area contributed by atoms with Gasteiger partial charge in [0.2, 0.25) is 0 Å². The van der Waals surface area contributed by atoms with E-state index in [1.165, 1.54) is 37.8 Å². The number of benzene rings is 1. The second-order valence-electron chi connectivity index (χ2n) is 9.09. The highest BCUT2D eigenvalue weighted by molar-refractivity contribution is 5.26. The van der Waals surface area contributed by atoms with Gasteiger partial charge in [0, 0.05) is 5.92 Å². The van der Waals surface area contributed by atoms with Crippen LogP contribution in [-0.2, 0) is 0 Å². The minimum absolute atomic E-state index is 0.160. The maximum absolute atomic E-state index is 10.5. The Bertz CT molecular complexity index is 676. The molecule has 0 aliphatic heterocycles.